The molecule has 8 nitrogen and oxygen atoms in total. The first-order valence-electron chi connectivity index (χ1n) is 14.3. The Morgan fingerprint density at radius 3 is 2.25 bits per heavy atom. The summed E-state index contributed by atoms with van der Waals surface area (Å²) < 4.78 is 52.7. The van der Waals surface area contributed by atoms with Gasteiger partial charge in [0.05, 0.1) is 12.7 Å². The number of hydrogen-bond donors (Lipinski definition) is 2. The first-order valence-corrected chi connectivity index (χ1v) is 14.3. The van der Waals surface area contributed by atoms with Crippen LogP contribution in [-0.4, -0.2) is 53.9 Å². The van der Waals surface area contributed by atoms with Gasteiger partial charge in [-0.1, -0.05) is 36.4 Å². The van der Waals surface area contributed by atoms with Crippen molar-refractivity contribution in [3.05, 3.63) is 107 Å². The van der Waals surface area contributed by atoms with E-state index in [9.17, 15) is 18.0 Å². The molecule has 0 amide bonds. The molecule has 1 fully saturated rings. The van der Waals surface area contributed by atoms with Crippen LogP contribution in [0.5, 0.6) is 17.4 Å². The Hall–Kier alpha value is -4.48. The summed E-state index contributed by atoms with van der Waals surface area (Å²) in [5.74, 6) is 2.08. The number of benzene rings is 3. The SMILES string of the molecule is COc1ccc(CNc2cc(Oc3ccc(CC(=O)Cc4ccc(CN5CCNCC5)c(C(F)(F)F)c4)cc3)ncn2)cc1. The molecule has 0 aliphatic carbocycles. The first-order chi connectivity index (χ1) is 21.2. The summed E-state index contributed by atoms with van der Waals surface area (Å²) in [6, 6.07) is 20.6. The highest BCUT2D eigenvalue weighted by molar-refractivity contribution is 5.83. The Kier molecular flexibility index (Phi) is 10.1. The maximum absolute atomic E-state index is 13.9. The van der Waals surface area contributed by atoms with Crippen molar-refractivity contribution in [1.82, 2.24) is 20.2 Å². The van der Waals surface area contributed by atoms with Crippen molar-refractivity contribution >= 4 is 11.6 Å². The van der Waals surface area contributed by atoms with Gasteiger partial charge in [0.2, 0.25) is 5.88 Å². The lowest BCUT2D eigenvalue weighted by molar-refractivity contribution is -0.138. The highest BCUT2D eigenvalue weighted by Crippen LogP contribution is 2.34. The Balaban J connectivity index is 1.15. The third kappa shape index (κ3) is 8.77. The number of methoxy groups -OCH3 is 1. The minimum atomic E-state index is -4.49. The van der Waals surface area contributed by atoms with Crippen molar-refractivity contribution in [2.45, 2.75) is 32.1 Å². The van der Waals surface area contributed by atoms with Crippen molar-refractivity contribution in [1.29, 1.82) is 0 Å². The number of aromatic nitrogens is 2. The predicted molar refractivity (Wildman–Crippen MR) is 161 cm³/mol. The van der Waals surface area contributed by atoms with Crippen LogP contribution >= 0.6 is 0 Å². The van der Waals surface area contributed by atoms with Gasteiger partial charge in [-0.3, -0.25) is 9.69 Å². The zero-order valence-electron chi connectivity index (χ0n) is 24.4. The van der Waals surface area contributed by atoms with E-state index in [-0.39, 0.29) is 30.7 Å². The van der Waals surface area contributed by atoms with E-state index in [1.807, 2.05) is 29.2 Å². The summed E-state index contributed by atoms with van der Waals surface area (Å²) in [4.78, 5) is 23.2. The lowest BCUT2D eigenvalue weighted by Gasteiger charge is -2.28. The molecule has 44 heavy (non-hydrogen) atoms. The largest absolute Gasteiger partial charge is 0.497 e. The van der Waals surface area contributed by atoms with E-state index >= 15 is 0 Å². The molecule has 1 aliphatic rings. The molecule has 1 saturated heterocycles. The predicted octanol–water partition coefficient (Wildman–Crippen LogP) is 5.67. The molecule has 230 valence electrons. The topological polar surface area (TPSA) is 88.6 Å². The van der Waals surface area contributed by atoms with Crippen molar-refractivity contribution in [3.8, 4) is 17.4 Å². The summed E-state index contributed by atoms with van der Waals surface area (Å²) >= 11 is 0. The Morgan fingerprint density at radius 2 is 1.55 bits per heavy atom. The van der Waals surface area contributed by atoms with Crippen molar-refractivity contribution in [2.24, 2.45) is 0 Å². The number of nitrogens with one attached hydrogen (secondary N) is 2. The van der Waals surface area contributed by atoms with Crippen molar-refractivity contribution in [3.63, 3.8) is 0 Å². The molecule has 1 aliphatic heterocycles. The maximum Gasteiger partial charge on any atom is 0.416 e. The van der Waals surface area contributed by atoms with Crippen molar-refractivity contribution in [2.75, 3.05) is 38.6 Å². The highest BCUT2D eigenvalue weighted by Gasteiger charge is 2.34. The molecule has 2 N–H and O–H groups in total. The van der Waals surface area contributed by atoms with Crippen LogP contribution in [0.4, 0.5) is 19.0 Å². The summed E-state index contributed by atoms with van der Waals surface area (Å²) in [6.07, 6.45) is -3.07. The van der Waals surface area contributed by atoms with Gasteiger partial charge in [0.1, 0.15) is 29.4 Å². The van der Waals surface area contributed by atoms with Crippen molar-refractivity contribution < 1.29 is 27.4 Å². The van der Waals surface area contributed by atoms with E-state index < -0.39 is 11.7 Å². The Bertz CT molecular complexity index is 1540. The van der Waals surface area contributed by atoms with Gasteiger partial charge in [-0.25, -0.2) is 9.97 Å². The van der Waals surface area contributed by atoms with Gasteiger partial charge in [-0.05, 0) is 52.6 Å². The minimum Gasteiger partial charge on any atom is -0.497 e. The molecule has 1 aromatic heterocycles. The minimum absolute atomic E-state index is 0.0809. The number of piperazine rings is 1. The van der Waals surface area contributed by atoms with Gasteiger partial charge < -0.3 is 20.1 Å². The smallest absolute Gasteiger partial charge is 0.416 e. The Labute approximate surface area is 254 Å². The first kappa shape index (κ1) is 31.0. The fraction of sp³-hybridized carbons (Fsp3) is 0.303. The number of anilines is 1. The van der Waals surface area contributed by atoms with E-state index in [0.29, 0.717) is 42.6 Å². The third-order valence-corrected chi connectivity index (χ3v) is 7.31. The molecule has 0 spiro atoms. The van der Waals surface area contributed by atoms with Crippen LogP contribution in [0.1, 0.15) is 27.8 Å². The molecule has 11 heteroatoms. The molecule has 5 rings (SSSR count). The number of carbonyl (C=O) groups excluding carboxylic acids is 1. The molecule has 2 heterocycles. The molecule has 4 aromatic rings. The molecule has 3 aromatic carbocycles. The normalized spacial score (nSPS) is 13.8. The van der Waals surface area contributed by atoms with E-state index in [4.69, 9.17) is 9.47 Å². The number of hydrogen-bond acceptors (Lipinski definition) is 8. The van der Waals surface area contributed by atoms with E-state index in [2.05, 4.69) is 20.6 Å². The molecule has 0 unspecified atom stereocenters. The van der Waals surface area contributed by atoms with E-state index in [1.165, 1.54) is 12.4 Å². The van der Waals surface area contributed by atoms with E-state index in [0.717, 1.165) is 36.0 Å². The molecule has 0 atom stereocenters. The maximum atomic E-state index is 13.9. The van der Waals surface area contributed by atoms with Crippen LogP contribution in [0.15, 0.2) is 79.1 Å². The van der Waals surface area contributed by atoms with E-state index in [1.54, 1.807) is 43.5 Å². The van der Waals surface area contributed by atoms with Crippen LogP contribution < -0.4 is 20.1 Å². The number of Topliss-reactive ketones (excluding diaryl/α,β-unsaturated/α-hetero) is 1. The van der Waals surface area contributed by atoms with Crippen LogP contribution in [-0.2, 0) is 36.9 Å². The average Bonchev–Trinajstić information content (AvgIpc) is 3.02. The highest BCUT2D eigenvalue weighted by atomic mass is 19.4. The average molecular weight is 606 g/mol. The monoisotopic (exact) mass is 605 g/mol. The van der Waals surface area contributed by atoms with Crippen LogP contribution in [0.3, 0.4) is 0 Å². The molecule has 0 bridgehead atoms. The lowest BCUT2D eigenvalue weighted by Crippen LogP contribution is -2.43. The van der Waals surface area contributed by atoms with Gasteiger partial charge in [0, 0.05) is 58.2 Å². The van der Waals surface area contributed by atoms with Gasteiger partial charge in [0.25, 0.3) is 0 Å². The number of ketones is 1. The second-order valence-corrected chi connectivity index (χ2v) is 10.6. The Morgan fingerprint density at radius 1 is 0.886 bits per heavy atom. The third-order valence-electron chi connectivity index (χ3n) is 7.31. The molecular weight excluding hydrogens is 571 g/mol. The summed E-state index contributed by atoms with van der Waals surface area (Å²) in [7, 11) is 1.62. The second-order valence-electron chi connectivity index (χ2n) is 10.6. The molecule has 0 saturated carbocycles. The number of halogens is 3. The quantitative estimate of drug-likeness (QED) is 0.214. The van der Waals surface area contributed by atoms with Gasteiger partial charge in [-0.2, -0.15) is 13.2 Å². The number of nitrogens with zero attached hydrogens (tertiary/aromatic N) is 3. The van der Waals surface area contributed by atoms with Crippen LogP contribution in [0.25, 0.3) is 0 Å². The number of carbonyl (C=O) groups is 1. The standard InChI is InChI=1S/C33H34F3N5O3/c1-43-28-8-5-24(6-9-28)20-38-31-19-32(40-22-39-31)44-29-10-3-23(4-11-29)16-27(42)17-25-2-7-26(30(18-25)33(34,35)36)21-41-14-12-37-13-15-41/h2-11,18-19,22,37H,12-17,20-21H2,1H3,(H,38,39,40). The number of rotatable bonds is 12. The zero-order valence-corrected chi connectivity index (χ0v) is 24.4. The summed E-state index contributed by atoms with van der Waals surface area (Å²) in [5.41, 5.74) is 1.70. The number of alkyl halides is 3. The van der Waals surface area contributed by atoms with Gasteiger partial charge in [-0.15, -0.1) is 0 Å². The van der Waals surface area contributed by atoms with Crippen LogP contribution in [0.2, 0.25) is 0 Å². The van der Waals surface area contributed by atoms with Gasteiger partial charge >= 0.3 is 6.18 Å². The molecule has 0 radical (unpaired) electrons. The lowest BCUT2D eigenvalue weighted by atomic mass is 9.97. The summed E-state index contributed by atoms with van der Waals surface area (Å²) in [5, 5.41) is 6.44. The van der Waals surface area contributed by atoms with Crippen LogP contribution in [0, 0.1) is 0 Å². The molecular formula is C33H34F3N5O3. The zero-order chi connectivity index (χ0) is 30.9. The van der Waals surface area contributed by atoms with Gasteiger partial charge in [0.15, 0.2) is 0 Å². The fourth-order valence-electron chi connectivity index (χ4n) is 4.99. The summed E-state index contributed by atoms with van der Waals surface area (Å²) in [6.45, 7) is 3.70. The fourth-order valence-corrected chi connectivity index (χ4v) is 4.99. The number of ether oxygens (including phenoxy) is 2. The second kappa shape index (κ2) is 14.3.